The van der Waals surface area contributed by atoms with Crippen molar-refractivity contribution in [3.05, 3.63) is 0 Å². The van der Waals surface area contributed by atoms with E-state index in [9.17, 15) is 0 Å². The standard InChI is InChI=1S/C14H30N2/c1-5-7-15-14(4)6-8-16-10-12(2)9-13(3)11-16/h12-15H,5-11H2,1-4H3. The number of hydrogen-bond acceptors (Lipinski definition) is 2. The highest BCUT2D eigenvalue weighted by Crippen LogP contribution is 2.20. The van der Waals surface area contributed by atoms with Crippen molar-refractivity contribution in [1.29, 1.82) is 0 Å². The van der Waals surface area contributed by atoms with Gasteiger partial charge in [0, 0.05) is 19.1 Å². The molecule has 0 spiro atoms. The monoisotopic (exact) mass is 226 g/mol. The second kappa shape index (κ2) is 7.29. The molecule has 1 fully saturated rings. The average molecular weight is 226 g/mol. The third-order valence-corrected chi connectivity index (χ3v) is 3.57. The van der Waals surface area contributed by atoms with Gasteiger partial charge >= 0.3 is 0 Å². The van der Waals surface area contributed by atoms with Crippen LogP contribution in [0.25, 0.3) is 0 Å². The van der Waals surface area contributed by atoms with Gasteiger partial charge in [0.2, 0.25) is 0 Å². The van der Waals surface area contributed by atoms with Crippen LogP contribution in [0.2, 0.25) is 0 Å². The summed E-state index contributed by atoms with van der Waals surface area (Å²) in [5, 5.41) is 3.57. The summed E-state index contributed by atoms with van der Waals surface area (Å²) in [7, 11) is 0. The third-order valence-electron chi connectivity index (χ3n) is 3.57. The maximum absolute atomic E-state index is 3.57. The van der Waals surface area contributed by atoms with E-state index >= 15 is 0 Å². The molecule has 3 atom stereocenters. The van der Waals surface area contributed by atoms with Crippen molar-refractivity contribution in [2.24, 2.45) is 11.8 Å². The van der Waals surface area contributed by atoms with Gasteiger partial charge in [-0.3, -0.25) is 0 Å². The molecule has 0 aliphatic carbocycles. The van der Waals surface area contributed by atoms with E-state index in [1.807, 2.05) is 0 Å². The Balaban J connectivity index is 2.16. The number of likely N-dealkylation sites (tertiary alicyclic amines) is 1. The molecule has 2 heteroatoms. The molecule has 2 nitrogen and oxygen atoms in total. The Labute approximate surface area is 102 Å². The molecule has 96 valence electrons. The van der Waals surface area contributed by atoms with Crippen molar-refractivity contribution in [3.8, 4) is 0 Å². The summed E-state index contributed by atoms with van der Waals surface area (Å²) in [5.74, 6) is 1.78. The molecular weight excluding hydrogens is 196 g/mol. The second-order valence-electron chi connectivity index (χ2n) is 5.85. The van der Waals surface area contributed by atoms with E-state index in [4.69, 9.17) is 0 Å². The second-order valence-corrected chi connectivity index (χ2v) is 5.85. The smallest absolute Gasteiger partial charge is 0.00508 e. The quantitative estimate of drug-likeness (QED) is 0.749. The van der Waals surface area contributed by atoms with Crippen molar-refractivity contribution < 1.29 is 0 Å². The maximum atomic E-state index is 3.57. The molecule has 1 aliphatic rings. The first kappa shape index (κ1) is 14.0. The van der Waals surface area contributed by atoms with Gasteiger partial charge in [0.15, 0.2) is 0 Å². The fourth-order valence-corrected chi connectivity index (χ4v) is 2.84. The van der Waals surface area contributed by atoms with Gasteiger partial charge in [-0.2, -0.15) is 0 Å². The normalized spacial score (nSPS) is 29.2. The minimum atomic E-state index is 0.674. The molecule has 0 amide bonds. The molecule has 0 bridgehead atoms. The van der Waals surface area contributed by atoms with Gasteiger partial charge in [0.1, 0.15) is 0 Å². The van der Waals surface area contributed by atoms with Gasteiger partial charge in [0.05, 0.1) is 0 Å². The van der Waals surface area contributed by atoms with E-state index < -0.39 is 0 Å². The molecule has 1 saturated heterocycles. The van der Waals surface area contributed by atoms with Crippen molar-refractivity contribution in [3.63, 3.8) is 0 Å². The highest BCUT2D eigenvalue weighted by atomic mass is 15.1. The van der Waals surface area contributed by atoms with Crippen LogP contribution in [-0.2, 0) is 0 Å². The summed E-state index contributed by atoms with van der Waals surface area (Å²) in [6.07, 6.45) is 3.95. The molecule has 0 radical (unpaired) electrons. The van der Waals surface area contributed by atoms with Crippen LogP contribution >= 0.6 is 0 Å². The van der Waals surface area contributed by atoms with E-state index in [1.165, 1.54) is 38.9 Å². The van der Waals surface area contributed by atoms with Crippen LogP contribution in [0.5, 0.6) is 0 Å². The first-order chi connectivity index (χ1) is 7.61. The van der Waals surface area contributed by atoms with Crippen LogP contribution in [0.15, 0.2) is 0 Å². The molecule has 0 saturated carbocycles. The van der Waals surface area contributed by atoms with Gasteiger partial charge < -0.3 is 10.2 Å². The van der Waals surface area contributed by atoms with Crippen LogP contribution in [0.4, 0.5) is 0 Å². The van der Waals surface area contributed by atoms with E-state index in [0.717, 1.165) is 18.4 Å². The Morgan fingerprint density at radius 3 is 2.44 bits per heavy atom. The molecule has 1 rings (SSSR count). The van der Waals surface area contributed by atoms with Crippen LogP contribution in [0.1, 0.15) is 47.0 Å². The van der Waals surface area contributed by atoms with E-state index in [-0.39, 0.29) is 0 Å². The van der Waals surface area contributed by atoms with E-state index in [0.29, 0.717) is 6.04 Å². The fourth-order valence-electron chi connectivity index (χ4n) is 2.84. The van der Waals surface area contributed by atoms with Gasteiger partial charge in [-0.15, -0.1) is 0 Å². The highest BCUT2D eigenvalue weighted by molar-refractivity contribution is 4.75. The summed E-state index contributed by atoms with van der Waals surface area (Å²) < 4.78 is 0. The molecular formula is C14H30N2. The predicted octanol–water partition coefficient (Wildman–Crippen LogP) is 2.74. The Morgan fingerprint density at radius 1 is 1.25 bits per heavy atom. The van der Waals surface area contributed by atoms with Gasteiger partial charge in [-0.1, -0.05) is 20.8 Å². The van der Waals surface area contributed by atoms with Crippen molar-refractivity contribution in [2.75, 3.05) is 26.2 Å². The summed E-state index contributed by atoms with van der Waals surface area (Å²) in [5.41, 5.74) is 0. The molecule has 0 aromatic heterocycles. The van der Waals surface area contributed by atoms with Gasteiger partial charge in [0.25, 0.3) is 0 Å². The van der Waals surface area contributed by atoms with Crippen molar-refractivity contribution in [1.82, 2.24) is 10.2 Å². The fraction of sp³-hybridized carbons (Fsp3) is 1.00. The Hall–Kier alpha value is -0.0800. The minimum Gasteiger partial charge on any atom is -0.314 e. The number of hydrogen-bond donors (Lipinski definition) is 1. The number of nitrogens with zero attached hydrogens (tertiary/aromatic N) is 1. The van der Waals surface area contributed by atoms with E-state index in [2.05, 4.69) is 37.9 Å². The van der Waals surface area contributed by atoms with Gasteiger partial charge in [-0.25, -0.2) is 0 Å². The molecule has 0 aromatic rings. The lowest BCUT2D eigenvalue weighted by atomic mass is 9.92. The Bertz CT molecular complexity index is 172. The zero-order valence-electron chi connectivity index (χ0n) is 11.6. The average Bonchev–Trinajstić information content (AvgIpc) is 2.22. The number of rotatable bonds is 6. The lowest BCUT2D eigenvalue weighted by Gasteiger charge is -2.35. The minimum absolute atomic E-state index is 0.674. The third kappa shape index (κ3) is 5.31. The largest absolute Gasteiger partial charge is 0.314 e. The summed E-state index contributed by atoms with van der Waals surface area (Å²) in [6.45, 7) is 14.4. The highest BCUT2D eigenvalue weighted by Gasteiger charge is 2.21. The lowest BCUT2D eigenvalue weighted by molar-refractivity contribution is 0.136. The summed E-state index contributed by atoms with van der Waals surface area (Å²) in [6, 6.07) is 0.674. The molecule has 1 N–H and O–H groups in total. The van der Waals surface area contributed by atoms with Crippen molar-refractivity contribution in [2.45, 2.75) is 53.0 Å². The zero-order chi connectivity index (χ0) is 12.0. The first-order valence-electron chi connectivity index (χ1n) is 7.07. The van der Waals surface area contributed by atoms with Crippen LogP contribution in [0, 0.1) is 11.8 Å². The summed E-state index contributed by atoms with van der Waals surface area (Å²) in [4.78, 5) is 2.66. The predicted molar refractivity (Wildman–Crippen MR) is 71.8 cm³/mol. The zero-order valence-corrected chi connectivity index (χ0v) is 11.6. The molecule has 1 aliphatic heterocycles. The van der Waals surface area contributed by atoms with E-state index in [1.54, 1.807) is 0 Å². The van der Waals surface area contributed by atoms with Crippen LogP contribution in [0.3, 0.4) is 0 Å². The molecule has 16 heavy (non-hydrogen) atoms. The summed E-state index contributed by atoms with van der Waals surface area (Å²) >= 11 is 0. The van der Waals surface area contributed by atoms with Gasteiger partial charge in [-0.05, 0) is 51.1 Å². The molecule has 0 aromatic carbocycles. The number of nitrogens with one attached hydrogen (secondary N) is 1. The Morgan fingerprint density at radius 2 is 1.88 bits per heavy atom. The number of piperidine rings is 1. The first-order valence-corrected chi connectivity index (χ1v) is 7.07. The molecule has 1 heterocycles. The van der Waals surface area contributed by atoms with Crippen LogP contribution < -0.4 is 5.32 Å². The SMILES string of the molecule is CCCNC(C)CCN1CC(C)CC(C)C1. The molecule has 3 unspecified atom stereocenters. The van der Waals surface area contributed by atoms with Crippen LogP contribution in [-0.4, -0.2) is 37.1 Å². The Kier molecular flexibility index (Phi) is 6.37. The topological polar surface area (TPSA) is 15.3 Å². The maximum Gasteiger partial charge on any atom is 0.00508 e. The lowest BCUT2D eigenvalue weighted by Crippen LogP contribution is -2.41. The van der Waals surface area contributed by atoms with Crippen molar-refractivity contribution >= 4 is 0 Å².